The van der Waals surface area contributed by atoms with Crippen LogP contribution in [0.5, 0.6) is 11.5 Å². The van der Waals surface area contributed by atoms with Crippen LogP contribution in [0.15, 0.2) is 35.3 Å². The molecule has 2 saturated carbocycles. The van der Waals surface area contributed by atoms with E-state index in [2.05, 4.69) is 20.5 Å². The third-order valence-electron chi connectivity index (χ3n) is 9.44. The molecule has 0 amide bonds. The number of anilines is 1. The summed E-state index contributed by atoms with van der Waals surface area (Å²) < 4.78 is 6.04. The Balaban J connectivity index is 0.000000154. The number of phenols is 1. The maximum Gasteiger partial charge on any atom is 0.196 e. The van der Waals surface area contributed by atoms with Crippen molar-refractivity contribution in [2.24, 2.45) is 10.9 Å². The first kappa shape index (κ1) is 25.4. The molecule has 3 aliphatic heterocycles. The monoisotopic (exact) mass is 570 g/mol. The first-order chi connectivity index (χ1) is 18.8. The lowest BCUT2D eigenvalue weighted by Crippen LogP contribution is -2.76. The number of phenolic OH excluding ortho intramolecular Hbond substituents is 1. The topological polar surface area (TPSA) is 106 Å². The molecular formula is C29H32Cl2N4O4. The Morgan fingerprint density at radius 3 is 2.69 bits per heavy atom. The fraction of sp³-hybridized carbons (Fsp3) is 0.517. The molecule has 4 atom stereocenters. The molecule has 1 spiro atoms. The molecule has 2 bridgehead atoms. The molecular weight excluding hydrogens is 539 g/mol. The van der Waals surface area contributed by atoms with Gasteiger partial charge in [-0.1, -0.05) is 35.3 Å². The van der Waals surface area contributed by atoms with Gasteiger partial charge in [-0.15, -0.1) is 0 Å². The van der Waals surface area contributed by atoms with E-state index in [1.807, 2.05) is 6.07 Å². The van der Waals surface area contributed by atoms with E-state index in [-0.39, 0.29) is 17.6 Å². The molecule has 3 aliphatic carbocycles. The molecule has 8 rings (SSSR count). The van der Waals surface area contributed by atoms with Crippen LogP contribution in [0.25, 0.3) is 0 Å². The van der Waals surface area contributed by atoms with Crippen LogP contribution in [0.2, 0.25) is 10.0 Å². The van der Waals surface area contributed by atoms with Gasteiger partial charge in [0.05, 0.1) is 33.3 Å². The number of rotatable bonds is 3. The zero-order valence-corrected chi connectivity index (χ0v) is 23.1. The number of aliphatic imine (C=N–C) groups is 1. The number of nitrogens with one attached hydrogen (secondary N) is 2. The summed E-state index contributed by atoms with van der Waals surface area (Å²) in [5.41, 5.74) is 1.15. The molecule has 3 fully saturated rings. The fourth-order valence-electron chi connectivity index (χ4n) is 7.48. The van der Waals surface area contributed by atoms with Crippen molar-refractivity contribution < 1.29 is 19.7 Å². The number of carbonyl (C=O) groups is 1. The van der Waals surface area contributed by atoms with Crippen LogP contribution >= 0.6 is 23.2 Å². The van der Waals surface area contributed by atoms with E-state index in [0.717, 1.165) is 62.0 Å². The van der Waals surface area contributed by atoms with Crippen molar-refractivity contribution in [3.05, 3.63) is 51.5 Å². The number of aromatic hydroxyl groups is 1. The minimum Gasteiger partial charge on any atom is -0.504 e. The van der Waals surface area contributed by atoms with E-state index in [1.54, 1.807) is 24.3 Å². The number of halogens is 2. The number of piperidine rings is 1. The second-order valence-corrected chi connectivity index (χ2v) is 12.4. The van der Waals surface area contributed by atoms with Crippen LogP contribution in [0.1, 0.15) is 43.2 Å². The van der Waals surface area contributed by atoms with Crippen LogP contribution in [0, 0.1) is 5.92 Å². The number of nitrogens with zero attached hydrogens (tertiary/aromatic N) is 2. The normalized spacial score (nSPS) is 31.9. The van der Waals surface area contributed by atoms with Gasteiger partial charge in [0.25, 0.3) is 0 Å². The van der Waals surface area contributed by atoms with E-state index < -0.39 is 17.1 Å². The highest BCUT2D eigenvalue weighted by atomic mass is 35.5. The average Bonchev–Trinajstić information content (AvgIpc) is 3.43. The van der Waals surface area contributed by atoms with Crippen molar-refractivity contribution in [1.29, 1.82) is 0 Å². The van der Waals surface area contributed by atoms with Gasteiger partial charge in [0.2, 0.25) is 0 Å². The van der Waals surface area contributed by atoms with Crippen molar-refractivity contribution in [3.8, 4) is 11.5 Å². The first-order valence-corrected chi connectivity index (χ1v) is 14.6. The molecule has 0 aromatic heterocycles. The molecule has 206 valence electrons. The molecule has 39 heavy (non-hydrogen) atoms. The maximum absolute atomic E-state index is 12.7. The Labute approximate surface area is 237 Å². The lowest BCUT2D eigenvalue weighted by Gasteiger charge is -2.62. The Kier molecular flexibility index (Phi) is 6.04. The number of hydrogen-bond donors (Lipinski definition) is 4. The van der Waals surface area contributed by atoms with Crippen LogP contribution in [0.3, 0.4) is 0 Å². The Morgan fingerprint density at radius 1 is 1.18 bits per heavy atom. The van der Waals surface area contributed by atoms with E-state index in [1.165, 1.54) is 12.8 Å². The summed E-state index contributed by atoms with van der Waals surface area (Å²) in [6, 6.07) is 9.06. The number of guanidine groups is 1. The maximum atomic E-state index is 12.7. The largest absolute Gasteiger partial charge is 0.504 e. The smallest absolute Gasteiger partial charge is 0.196 e. The Morgan fingerprint density at radius 2 is 1.97 bits per heavy atom. The first-order valence-electron chi connectivity index (χ1n) is 13.8. The Bertz CT molecular complexity index is 1360. The number of Topliss-reactive ketones (excluding diaryl/α,β-unsaturated/α-hetero) is 1. The highest BCUT2D eigenvalue weighted by Crippen LogP contribution is 2.64. The van der Waals surface area contributed by atoms with Crippen molar-refractivity contribution in [2.45, 2.75) is 61.7 Å². The second-order valence-electron chi connectivity index (χ2n) is 11.6. The molecule has 1 saturated heterocycles. The number of hydrogen-bond acceptors (Lipinski definition) is 8. The summed E-state index contributed by atoms with van der Waals surface area (Å²) in [6.45, 7) is 3.59. The van der Waals surface area contributed by atoms with Gasteiger partial charge in [-0.25, -0.2) is 0 Å². The molecule has 2 aromatic rings. The molecule has 4 N–H and O–H groups in total. The molecule has 8 nitrogen and oxygen atoms in total. The number of aliphatic hydroxyl groups is 1. The van der Waals surface area contributed by atoms with Gasteiger partial charge in [-0.3, -0.25) is 14.7 Å². The van der Waals surface area contributed by atoms with E-state index in [0.29, 0.717) is 34.3 Å². The van der Waals surface area contributed by atoms with Gasteiger partial charge in [0, 0.05) is 31.1 Å². The highest BCUT2D eigenvalue weighted by molar-refractivity contribution is 6.39. The van der Waals surface area contributed by atoms with E-state index >= 15 is 0 Å². The minimum atomic E-state index is -0.940. The standard InChI is InChI=1S/C20H23NO4.C9H9Cl2N3/c22-13-4-3-12-9-15-20(24)6-5-14(23)18-19(20,16(12)17(13)25-18)7-8-21(15)10-11-1-2-11;10-6-2-1-3-7(11)8(6)14-9-12-4-5-13-9/h3-4,11,15,18,22,24H,1-2,5-10H2;1-3H,4-5H2,(H2,12,13,14)/t15-,18+,19+,20-;/m1./s1. The van der Waals surface area contributed by atoms with Gasteiger partial charge in [0.1, 0.15) is 0 Å². The summed E-state index contributed by atoms with van der Waals surface area (Å²) in [7, 11) is 0. The number of likely N-dealkylation sites (tertiary alicyclic amines) is 1. The predicted molar refractivity (Wildman–Crippen MR) is 150 cm³/mol. The molecule has 2 aromatic carbocycles. The Hall–Kier alpha value is -2.52. The van der Waals surface area contributed by atoms with E-state index in [4.69, 9.17) is 27.9 Å². The van der Waals surface area contributed by atoms with Crippen molar-refractivity contribution in [1.82, 2.24) is 10.2 Å². The molecule has 10 heteroatoms. The van der Waals surface area contributed by atoms with Crippen molar-refractivity contribution in [2.75, 3.05) is 31.5 Å². The predicted octanol–water partition coefficient (Wildman–Crippen LogP) is 3.89. The third kappa shape index (κ3) is 3.86. The van der Waals surface area contributed by atoms with Gasteiger partial charge in [-0.2, -0.15) is 0 Å². The molecule has 3 heterocycles. The van der Waals surface area contributed by atoms with Crippen molar-refractivity contribution >= 4 is 40.6 Å². The minimum absolute atomic E-state index is 0.0454. The number of ketones is 1. The van der Waals surface area contributed by atoms with Crippen LogP contribution in [-0.2, 0) is 16.6 Å². The summed E-state index contributed by atoms with van der Waals surface area (Å²) >= 11 is 12.0. The average molecular weight is 572 g/mol. The second kappa shape index (κ2) is 9.26. The van der Waals surface area contributed by atoms with Gasteiger partial charge < -0.3 is 25.6 Å². The SMILES string of the molecule is Clc1cccc(Cl)c1NC1=NCCN1.O=C1CC[C@@]2(O)[C@H]3Cc4ccc(O)c5c4[C@@]2(CCN3CC2CC2)[C@H]1O5. The van der Waals surface area contributed by atoms with Crippen LogP contribution in [0.4, 0.5) is 5.69 Å². The number of benzene rings is 2. The quantitative estimate of drug-likeness (QED) is 0.443. The number of carbonyl (C=O) groups excluding carboxylic acids is 1. The van der Waals surface area contributed by atoms with E-state index in [9.17, 15) is 15.0 Å². The number of para-hydroxylation sites is 1. The third-order valence-corrected chi connectivity index (χ3v) is 10.1. The lowest BCUT2D eigenvalue weighted by atomic mass is 9.49. The zero-order valence-electron chi connectivity index (χ0n) is 21.6. The van der Waals surface area contributed by atoms with Crippen LogP contribution < -0.4 is 15.4 Å². The summed E-state index contributed by atoms with van der Waals surface area (Å²) in [4.78, 5) is 19.4. The number of ether oxygens (including phenoxy) is 1. The zero-order chi connectivity index (χ0) is 26.9. The molecule has 0 unspecified atom stereocenters. The van der Waals surface area contributed by atoms with Crippen molar-refractivity contribution in [3.63, 3.8) is 0 Å². The van der Waals surface area contributed by atoms with Gasteiger partial charge in [0.15, 0.2) is 29.3 Å². The molecule has 6 aliphatic rings. The van der Waals surface area contributed by atoms with Gasteiger partial charge >= 0.3 is 0 Å². The molecule has 0 radical (unpaired) electrons. The fourth-order valence-corrected chi connectivity index (χ4v) is 7.97. The van der Waals surface area contributed by atoms with Gasteiger partial charge in [-0.05, 0) is 68.3 Å². The lowest BCUT2D eigenvalue weighted by molar-refractivity contribution is -0.188. The summed E-state index contributed by atoms with van der Waals surface area (Å²) in [5, 5.41) is 29.6. The van der Waals surface area contributed by atoms with Crippen LogP contribution in [-0.4, -0.2) is 70.8 Å². The summed E-state index contributed by atoms with van der Waals surface area (Å²) in [6.07, 6.45) is 4.33. The summed E-state index contributed by atoms with van der Waals surface area (Å²) in [5.74, 6) is 2.11. The highest BCUT2D eigenvalue weighted by Gasteiger charge is 2.73.